The Bertz CT molecular complexity index is 86.5. The van der Waals surface area contributed by atoms with E-state index in [9.17, 15) is 0 Å². The third kappa shape index (κ3) is 9.91. The molecule has 8 heavy (non-hydrogen) atoms. The summed E-state index contributed by atoms with van der Waals surface area (Å²) < 4.78 is 0. The van der Waals surface area contributed by atoms with E-state index in [4.69, 9.17) is 7.49 Å². The molecule has 0 aromatic rings. The van der Waals surface area contributed by atoms with Crippen LogP contribution in [0.15, 0.2) is 6.08 Å². The first-order valence-electron chi connectivity index (χ1n) is 2.34. The smallest absolute Gasteiger partial charge is 0 e. The van der Waals surface area contributed by atoms with Crippen LogP contribution in [0.3, 0.4) is 0 Å². The van der Waals surface area contributed by atoms with Gasteiger partial charge in [-0.15, -0.1) is 0 Å². The van der Waals surface area contributed by atoms with Crippen molar-refractivity contribution >= 4 is 13.0 Å². The molecule has 0 aromatic heterocycles. The number of rotatable bonds is 2. The fraction of sp³-hybridized carbons (Fsp3) is 0.500. The second kappa shape index (κ2) is 7.78. The van der Waals surface area contributed by atoms with E-state index in [1.54, 1.807) is 0 Å². The van der Waals surface area contributed by atoms with Crippen LogP contribution in [0.25, 0.3) is 0 Å². The molecule has 2 radical (unpaired) electrons. The van der Waals surface area contributed by atoms with Crippen LogP contribution in [0.1, 0.15) is 20.3 Å². The van der Waals surface area contributed by atoms with Crippen molar-refractivity contribution in [2.24, 2.45) is 0 Å². The molecule has 0 saturated heterocycles. The average molecular weight is 181 g/mol. The van der Waals surface area contributed by atoms with Crippen molar-refractivity contribution in [1.82, 2.24) is 0 Å². The summed E-state index contributed by atoms with van der Waals surface area (Å²) >= 11 is 0. The molecule has 0 N–H and O–H groups in total. The first kappa shape index (κ1) is 11.6. The Balaban J connectivity index is 0. The van der Waals surface area contributed by atoms with Crippen molar-refractivity contribution in [1.29, 1.82) is 0 Å². The monoisotopic (exact) mass is 181 g/mol. The summed E-state index contributed by atoms with van der Waals surface area (Å²) in [5.74, 6) is 0. The van der Waals surface area contributed by atoms with Gasteiger partial charge >= 0.3 is 45.4 Å². The van der Waals surface area contributed by atoms with Gasteiger partial charge in [0.2, 0.25) is 0 Å². The van der Waals surface area contributed by atoms with Crippen molar-refractivity contribution in [3.8, 4) is 0 Å². The van der Waals surface area contributed by atoms with Gasteiger partial charge in [0.05, 0.1) is 0 Å². The van der Waals surface area contributed by atoms with E-state index in [0.29, 0.717) is 0 Å². The van der Waals surface area contributed by atoms with Crippen LogP contribution in [0.2, 0.25) is 0 Å². The molecule has 0 unspecified atom stereocenters. The maximum Gasteiger partial charge on any atom is 0 e. The topological polar surface area (TPSA) is 0 Å². The van der Waals surface area contributed by atoms with Crippen LogP contribution >= 0.6 is 0 Å². The number of hydrogen-bond donors (Lipinski definition) is 0. The van der Waals surface area contributed by atoms with E-state index in [1.807, 2.05) is 19.9 Å². The van der Waals surface area contributed by atoms with Crippen LogP contribution in [0.5, 0.6) is 0 Å². The minimum atomic E-state index is 0. The van der Waals surface area contributed by atoms with Gasteiger partial charge in [-0.05, 0) is 0 Å². The Morgan fingerprint density at radius 3 is 2.38 bits per heavy atom. The minimum absolute atomic E-state index is 0. The maximum absolute atomic E-state index is 5.32. The Morgan fingerprint density at radius 1 is 1.75 bits per heavy atom. The van der Waals surface area contributed by atoms with E-state index in [1.165, 1.54) is 0 Å². The summed E-state index contributed by atoms with van der Waals surface area (Å²) in [5, 5.41) is 0. The number of allylic oxidation sites excluding steroid dienone is 2. The molecule has 0 bridgehead atoms. The Labute approximate surface area is 77.7 Å². The molecule has 0 spiro atoms. The summed E-state index contributed by atoms with van der Waals surface area (Å²) in [7, 11) is 5.32. The molecular formula is C6H9BY-. The summed E-state index contributed by atoms with van der Waals surface area (Å²) in [6, 6.07) is 0. The Hall–Kier alpha value is 0.779. The van der Waals surface area contributed by atoms with Gasteiger partial charge in [0.1, 0.15) is 0 Å². The zero-order valence-electron chi connectivity index (χ0n) is 5.44. The Morgan fingerprint density at radius 2 is 2.25 bits per heavy atom. The maximum atomic E-state index is 5.32. The van der Waals surface area contributed by atoms with Gasteiger partial charge in [-0.3, -0.25) is 0 Å². The zero-order chi connectivity index (χ0) is 5.70. The average Bonchev–Trinajstić information content (AvgIpc) is 1.61. The molecule has 0 aliphatic carbocycles. The van der Waals surface area contributed by atoms with E-state index >= 15 is 0 Å². The van der Waals surface area contributed by atoms with Crippen molar-refractivity contribution in [3.05, 3.63) is 12.2 Å². The molecule has 0 aliphatic heterocycles. The summed E-state index contributed by atoms with van der Waals surface area (Å²) in [6.45, 7) is 3.76. The molecule has 0 fully saturated rings. The predicted molar refractivity (Wildman–Crippen MR) is 34.5 cm³/mol. The second-order valence-corrected chi connectivity index (χ2v) is 1.54. The second-order valence-electron chi connectivity index (χ2n) is 1.54. The van der Waals surface area contributed by atoms with Crippen LogP contribution in [-0.4, -0.2) is 13.0 Å². The number of hydrogen-bond acceptors (Lipinski definition) is 0. The van der Waals surface area contributed by atoms with Gasteiger partial charge in [-0.1, -0.05) is 0 Å². The fourth-order valence-corrected chi connectivity index (χ4v) is 0.263. The quantitative estimate of drug-likeness (QED) is 0.442. The van der Waals surface area contributed by atoms with Gasteiger partial charge in [0.25, 0.3) is 0 Å². The largest absolute Gasteiger partial charge is 0 e. The van der Waals surface area contributed by atoms with Crippen molar-refractivity contribution in [3.63, 3.8) is 0 Å². The SMILES string of the molecule is [B]=C(C)CC=[C-]C.[Y]. The minimum Gasteiger partial charge on any atom is 0 e. The van der Waals surface area contributed by atoms with Gasteiger partial charge in [0, 0.05) is 32.7 Å². The summed E-state index contributed by atoms with van der Waals surface area (Å²) in [4.78, 5) is 0. The summed E-state index contributed by atoms with van der Waals surface area (Å²) in [5.41, 5.74) is 0.939. The molecule has 2 heteroatoms. The molecular weight excluding hydrogens is 172 g/mol. The van der Waals surface area contributed by atoms with E-state index in [-0.39, 0.29) is 32.7 Å². The first-order chi connectivity index (χ1) is 3.27. The van der Waals surface area contributed by atoms with E-state index in [0.717, 1.165) is 11.9 Å². The Kier molecular flexibility index (Phi) is 11.2. The molecule has 40 valence electrons. The van der Waals surface area contributed by atoms with Crippen LogP contribution in [-0.2, 0) is 32.7 Å². The van der Waals surface area contributed by atoms with Gasteiger partial charge in [-0.2, -0.15) is 0 Å². The fourth-order valence-electron chi connectivity index (χ4n) is 0.263. The molecule has 0 atom stereocenters. The normalized spacial score (nSPS) is 8.62. The van der Waals surface area contributed by atoms with Crippen molar-refractivity contribution < 1.29 is 32.7 Å². The van der Waals surface area contributed by atoms with Crippen LogP contribution < -0.4 is 0 Å². The van der Waals surface area contributed by atoms with Gasteiger partial charge in [-0.25, -0.2) is 0 Å². The van der Waals surface area contributed by atoms with Crippen molar-refractivity contribution in [2.45, 2.75) is 20.3 Å². The van der Waals surface area contributed by atoms with Crippen LogP contribution in [0, 0.1) is 6.08 Å². The molecule has 0 amide bonds. The molecule has 0 aromatic carbocycles. The standard InChI is InChI=1S/C6H9B.Y/c1-3-4-5-6(2)7;/h4H,5H2,1-2H3;/q-1;. The van der Waals surface area contributed by atoms with Gasteiger partial charge < -0.3 is 0 Å². The first-order valence-corrected chi connectivity index (χ1v) is 2.34. The van der Waals surface area contributed by atoms with Crippen LogP contribution in [0.4, 0.5) is 0 Å². The van der Waals surface area contributed by atoms with Gasteiger partial charge in [0.15, 0.2) is 0 Å². The molecule has 0 heterocycles. The van der Waals surface area contributed by atoms with E-state index < -0.39 is 0 Å². The van der Waals surface area contributed by atoms with E-state index in [2.05, 4.69) is 6.08 Å². The molecule has 0 rings (SSSR count). The molecule has 0 aliphatic rings. The zero-order valence-corrected chi connectivity index (χ0v) is 8.28. The molecule has 0 saturated carbocycles. The van der Waals surface area contributed by atoms with Crippen molar-refractivity contribution in [2.75, 3.05) is 0 Å². The molecule has 0 nitrogen and oxygen atoms in total. The third-order valence-corrected chi connectivity index (χ3v) is 0.628. The predicted octanol–water partition coefficient (Wildman–Crippen LogP) is 1.11. The summed E-state index contributed by atoms with van der Waals surface area (Å²) in [6.07, 6.45) is 5.64. The third-order valence-electron chi connectivity index (χ3n) is 0.628.